The second-order valence-electron chi connectivity index (χ2n) is 3.52. The zero-order valence-electron chi connectivity index (χ0n) is 8.53. The van der Waals surface area contributed by atoms with Crippen molar-refractivity contribution in [2.24, 2.45) is 0 Å². The Morgan fingerprint density at radius 2 is 1.82 bits per heavy atom. The molecule has 86 valence electrons. The molecule has 0 saturated heterocycles. The largest absolute Gasteiger partial charge is 0.274 e. The van der Waals surface area contributed by atoms with Crippen molar-refractivity contribution in [3.63, 3.8) is 0 Å². The summed E-state index contributed by atoms with van der Waals surface area (Å²) in [5, 5.41) is 2.16. The van der Waals surface area contributed by atoms with Gasteiger partial charge in [0.25, 0.3) is 15.9 Å². The average molecular weight is 265 g/mol. The lowest BCUT2D eigenvalue weighted by atomic mass is 10.2. The molecular formula is C11H7NO3S2. The van der Waals surface area contributed by atoms with E-state index in [4.69, 9.17) is 0 Å². The van der Waals surface area contributed by atoms with E-state index in [2.05, 4.69) is 0 Å². The predicted molar refractivity (Wildman–Crippen MR) is 64.8 cm³/mol. The summed E-state index contributed by atoms with van der Waals surface area (Å²) in [6.45, 7) is 0. The Labute approximate surface area is 102 Å². The highest BCUT2D eigenvalue weighted by atomic mass is 32.2. The van der Waals surface area contributed by atoms with Gasteiger partial charge in [0.15, 0.2) is 0 Å². The number of thiophene rings is 1. The van der Waals surface area contributed by atoms with Crippen LogP contribution in [-0.2, 0) is 10.0 Å². The molecule has 3 rings (SSSR count). The minimum Gasteiger partial charge on any atom is -0.267 e. The van der Waals surface area contributed by atoms with Gasteiger partial charge < -0.3 is 0 Å². The number of anilines is 1. The van der Waals surface area contributed by atoms with Crippen LogP contribution < -0.4 is 4.31 Å². The standard InChI is InChI=1S/C11H7NO3S2/c13-11-8-4-1-2-5-9(8)17(14,15)12(11)10-6-3-7-16-10/h1-7H. The fourth-order valence-corrected chi connectivity index (χ4v) is 4.34. The first-order valence-electron chi connectivity index (χ1n) is 4.84. The highest BCUT2D eigenvalue weighted by molar-refractivity contribution is 7.94. The summed E-state index contributed by atoms with van der Waals surface area (Å²) in [5.41, 5.74) is 0.237. The van der Waals surface area contributed by atoms with Gasteiger partial charge in [-0.25, -0.2) is 8.42 Å². The van der Waals surface area contributed by atoms with Gasteiger partial charge in [0.2, 0.25) is 0 Å². The summed E-state index contributed by atoms with van der Waals surface area (Å²) >= 11 is 1.22. The molecule has 0 atom stereocenters. The second kappa shape index (κ2) is 3.41. The minimum absolute atomic E-state index is 0.0819. The third-order valence-corrected chi connectivity index (χ3v) is 5.25. The lowest BCUT2D eigenvalue weighted by Crippen LogP contribution is -2.28. The molecule has 6 heteroatoms. The van der Waals surface area contributed by atoms with Crippen LogP contribution >= 0.6 is 11.3 Å². The molecule has 0 unspecified atom stereocenters. The van der Waals surface area contributed by atoms with Crippen molar-refractivity contribution >= 4 is 32.3 Å². The van der Waals surface area contributed by atoms with E-state index in [1.54, 1.807) is 29.6 Å². The molecule has 0 spiro atoms. The molecule has 17 heavy (non-hydrogen) atoms. The van der Waals surface area contributed by atoms with Gasteiger partial charge in [-0.1, -0.05) is 12.1 Å². The van der Waals surface area contributed by atoms with Crippen LogP contribution in [0.3, 0.4) is 0 Å². The topological polar surface area (TPSA) is 54.5 Å². The molecule has 0 bridgehead atoms. The SMILES string of the molecule is O=C1c2ccccc2S(=O)(=O)N1c1cccs1. The molecule has 0 N–H and O–H groups in total. The van der Waals surface area contributed by atoms with Crippen LogP contribution in [0.25, 0.3) is 0 Å². The highest BCUT2D eigenvalue weighted by Gasteiger charge is 2.42. The monoisotopic (exact) mass is 265 g/mol. The summed E-state index contributed by atoms with van der Waals surface area (Å²) in [6.07, 6.45) is 0. The van der Waals surface area contributed by atoms with Crippen molar-refractivity contribution in [2.75, 3.05) is 4.31 Å². The molecule has 1 aliphatic heterocycles. The first-order valence-corrected chi connectivity index (χ1v) is 7.16. The van der Waals surface area contributed by atoms with E-state index in [0.29, 0.717) is 5.00 Å². The number of nitrogens with zero attached hydrogens (tertiary/aromatic N) is 1. The number of fused-ring (bicyclic) bond motifs is 1. The lowest BCUT2D eigenvalue weighted by Gasteiger charge is -2.11. The number of hydrogen-bond acceptors (Lipinski definition) is 4. The normalized spacial score (nSPS) is 17.2. The molecule has 0 fully saturated rings. The Morgan fingerprint density at radius 1 is 1.06 bits per heavy atom. The summed E-state index contributed by atoms with van der Waals surface area (Å²) in [6, 6.07) is 9.59. The van der Waals surface area contributed by atoms with E-state index in [-0.39, 0.29) is 10.5 Å². The molecule has 2 aromatic rings. The van der Waals surface area contributed by atoms with Gasteiger partial charge in [0.1, 0.15) is 9.90 Å². The van der Waals surface area contributed by atoms with Crippen LogP contribution in [0.4, 0.5) is 5.00 Å². The van der Waals surface area contributed by atoms with Gasteiger partial charge in [-0.15, -0.1) is 11.3 Å². The maximum atomic E-state index is 12.2. The van der Waals surface area contributed by atoms with Gasteiger partial charge in [-0.2, -0.15) is 4.31 Å². The number of benzene rings is 1. The van der Waals surface area contributed by atoms with E-state index < -0.39 is 15.9 Å². The van der Waals surface area contributed by atoms with Crippen LogP contribution in [0.2, 0.25) is 0 Å². The third kappa shape index (κ3) is 1.34. The fourth-order valence-electron chi connectivity index (χ4n) is 1.79. The molecular weight excluding hydrogens is 258 g/mol. The average Bonchev–Trinajstić information content (AvgIpc) is 2.87. The molecule has 0 radical (unpaired) electrons. The molecule has 0 aliphatic carbocycles. The van der Waals surface area contributed by atoms with Gasteiger partial charge in [-0.05, 0) is 29.6 Å². The van der Waals surface area contributed by atoms with E-state index in [1.807, 2.05) is 0 Å². The summed E-state index contributed by atoms with van der Waals surface area (Å²) in [4.78, 5) is 12.1. The summed E-state index contributed by atoms with van der Waals surface area (Å²) in [7, 11) is -3.72. The first-order chi connectivity index (χ1) is 8.12. The Morgan fingerprint density at radius 3 is 2.47 bits per heavy atom. The molecule has 1 aromatic carbocycles. The van der Waals surface area contributed by atoms with Crippen LogP contribution in [0.1, 0.15) is 10.4 Å². The minimum atomic E-state index is -3.72. The highest BCUT2D eigenvalue weighted by Crippen LogP contribution is 2.36. The van der Waals surface area contributed by atoms with Crippen molar-refractivity contribution in [3.8, 4) is 0 Å². The summed E-state index contributed by atoms with van der Waals surface area (Å²) in [5.74, 6) is -0.483. The molecule has 1 aliphatic rings. The van der Waals surface area contributed by atoms with E-state index in [0.717, 1.165) is 4.31 Å². The summed E-state index contributed by atoms with van der Waals surface area (Å²) < 4.78 is 25.3. The maximum Gasteiger partial charge on any atom is 0.274 e. The second-order valence-corrected chi connectivity index (χ2v) is 6.20. The van der Waals surface area contributed by atoms with Crippen LogP contribution in [0.15, 0.2) is 46.7 Å². The van der Waals surface area contributed by atoms with E-state index in [9.17, 15) is 13.2 Å². The van der Waals surface area contributed by atoms with E-state index >= 15 is 0 Å². The van der Waals surface area contributed by atoms with E-state index in [1.165, 1.54) is 23.5 Å². The quantitative estimate of drug-likeness (QED) is 0.793. The van der Waals surface area contributed by atoms with Crippen LogP contribution in [0.5, 0.6) is 0 Å². The number of amides is 1. The Kier molecular flexibility index (Phi) is 2.11. The molecule has 2 heterocycles. The molecule has 1 amide bonds. The molecule has 0 saturated carbocycles. The number of carbonyl (C=O) groups is 1. The third-order valence-electron chi connectivity index (χ3n) is 2.53. The van der Waals surface area contributed by atoms with Crippen LogP contribution in [0, 0.1) is 0 Å². The predicted octanol–water partition coefficient (Wildman–Crippen LogP) is 2.10. The van der Waals surface area contributed by atoms with Crippen molar-refractivity contribution < 1.29 is 13.2 Å². The zero-order valence-corrected chi connectivity index (χ0v) is 10.2. The number of sulfonamides is 1. The molecule has 1 aromatic heterocycles. The lowest BCUT2D eigenvalue weighted by molar-refractivity contribution is 0.101. The number of hydrogen-bond donors (Lipinski definition) is 0. The van der Waals surface area contributed by atoms with Crippen molar-refractivity contribution in [2.45, 2.75) is 4.90 Å². The molecule has 4 nitrogen and oxygen atoms in total. The van der Waals surface area contributed by atoms with Crippen molar-refractivity contribution in [1.29, 1.82) is 0 Å². The Bertz CT molecular complexity index is 689. The first kappa shape index (κ1) is 10.5. The smallest absolute Gasteiger partial charge is 0.267 e. The van der Waals surface area contributed by atoms with Gasteiger partial charge >= 0.3 is 0 Å². The van der Waals surface area contributed by atoms with Crippen LogP contribution in [-0.4, -0.2) is 14.3 Å². The fraction of sp³-hybridized carbons (Fsp3) is 0. The maximum absolute atomic E-state index is 12.2. The van der Waals surface area contributed by atoms with Crippen molar-refractivity contribution in [1.82, 2.24) is 0 Å². The Balaban J connectivity index is 2.28. The van der Waals surface area contributed by atoms with Crippen molar-refractivity contribution in [3.05, 3.63) is 47.3 Å². The number of rotatable bonds is 1. The van der Waals surface area contributed by atoms with Gasteiger partial charge in [0, 0.05) is 0 Å². The zero-order chi connectivity index (χ0) is 12.0. The number of carbonyl (C=O) groups excluding carboxylic acids is 1. The Hall–Kier alpha value is -1.66. The van der Waals surface area contributed by atoms with Gasteiger partial charge in [-0.3, -0.25) is 4.79 Å². The van der Waals surface area contributed by atoms with Gasteiger partial charge in [0.05, 0.1) is 5.56 Å².